The highest BCUT2D eigenvalue weighted by Crippen LogP contribution is 2.16. The highest BCUT2D eigenvalue weighted by atomic mass is 16.2. The lowest BCUT2D eigenvalue weighted by Gasteiger charge is -2.22. The van der Waals surface area contributed by atoms with Crippen molar-refractivity contribution in [2.75, 3.05) is 14.1 Å². The molecule has 2 heterocycles. The van der Waals surface area contributed by atoms with Crippen LogP contribution in [0, 0.1) is 0 Å². The third kappa shape index (κ3) is 1.38. The summed E-state index contributed by atoms with van der Waals surface area (Å²) in [6.07, 6.45) is 9.36. The van der Waals surface area contributed by atoms with Gasteiger partial charge in [0.05, 0.1) is 11.9 Å². The highest BCUT2D eigenvalue weighted by molar-refractivity contribution is 5.75. The van der Waals surface area contributed by atoms with E-state index in [9.17, 15) is 4.79 Å². The smallest absolute Gasteiger partial charge is 0.329 e. The van der Waals surface area contributed by atoms with Crippen molar-refractivity contribution in [1.29, 1.82) is 0 Å². The first-order valence-corrected chi connectivity index (χ1v) is 4.31. The topological polar surface area (TPSA) is 38.8 Å². The van der Waals surface area contributed by atoms with Gasteiger partial charge in [-0.25, -0.2) is 9.80 Å². The molecule has 2 aliphatic rings. The summed E-state index contributed by atoms with van der Waals surface area (Å²) in [5.41, 5.74) is 3.87. The fourth-order valence-corrected chi connectivity index (χ4v) is 1.24. The molecule has 0 aromatic heterocycles. The lowest BCUT2D eigenvalue weighted by molar-refractivity contribution is 0.143. The van der Waals surface area contributed by atoms with E-state index >= 15 is 0 Å². The zero-order valence-corrected chi connectivity index (χ0v) is 8.14. The van der Waals surface area contributed by atoms with E-state index in [0.29, 0.717) is 0 Å². The molecule has 0 saturated carbocycles. The maximum Gasteiger partial charge on any atom is 0.339 e. The van der Waals surface area contributed by atoms with Gasteiger partial charge in [0, 0.05) is 20.3 Å². The van der Waals surface area contributed by atoms with Crippen molar-refractivity contribution in [2.45, 2.75) is 0 Å². The van der Waals surface area contributed by atoms with Gasteiger partial charge in [0.15, 0.2) is 0 Å². The van der Waals surface area contributed by atoms with Crippen LogP contribution in [0.4, 0.5) is 4.79 Å². The molecule has 0 fully saturated rings. The minimum Gasteiger partial charge on any atom is -0.329 e. The summed E-state index contributed by atoms with van der Waals surface area (Å²) in [6.45, 7) is 0. The summed E-state index contributed by atoms with van der Waals surface area (Å²) in [6, 6.07) is -0.103. The molecule has 2 amide bonds. The van der Waals surface area contributed by atoms with Crippen LogP contribution in [0.1, 0.15) is 0 Å². The zero-order chi connectivity index (χ0) is 10.1. The van der Waals surface area contributed by atoms with Gasteiger partial charge in [-0.1, -0.05) is 6.08 Å². The molecule has 0 spiro atoms. The SMILES string of the molecule is CN(C)C(=O)N1C=C2C=CC=CN2N1. The number of hydrogen-bond acceptors (Lipinski definition) is 3. The van der Waals surface area contributed by atoms with Crippen LogP contribution in [0.15, 0.2) is 36.3 Å². The van der Waals surface area contributed by atoms with E-state index in [1.54, 1.807) is 25.3 Å². The van der Waals surface area contributed by atoms with Crippen molar-refractivity contribution in [2.24, 2.45) is 0 Å². The van der Waals surface area contributed by atoms with Crippen molar-refractivity contribution < 1.29 is 4.79 Å². The molecule has 5 heteroatoms. The number of hydrazine groups is 2. The van der Waals surface area contributed by atoms with Gasteiger partial charge in [0.25, 0.3) is 0 Å². The molecule has 0 atom stereocenters. The monoisotopic (exact) mass is 192 g/mol. The van der Waals surface area contributed by atoms with Gasteiger partial charge in [0.1, 0.15) is 0 Å². The van der Waals surface area contributed by atoms with Gasteiger partial charge in [-0.15, -0.1) is 5.53 Å². The highest BCUT2D eigenvalue weighted by Gasteiger charge is 2.23. The Morgan fingerprint density at radius 1 is 1.43 bits per heavy atom. The van der Waals surface area contributed by atoms with E-state index in [1.165, 1.54) is 9.91 Å². The third-order valence-electron chi connectivity index (χ3n) is 1.96. The number of nitrogens with one attached hydrogen (secondary N) is 1. The number of nitrogens with zero attached hydrogens (tertiary/aromatic N) is 3. The predicted molar refractivity (Wildman–Crippen MR) is 52.3 cm³/mol. The average Bonchev–Trinajstić information content (AvgIpc) is 2.59. The first-order valence-electron chi connectivity index (χ1n) is 4.31. The summed E-state index contributed by atoms with van der Waals surface area (Å²) in [5, 5.41) is 3.22. The minimum atomic E-state index is -0.103. The molecule has 0 radical (unpaired) electrons. The summed E-state index contributed by atoms with van der Waals surface area (Å²) in [4.78, 5) is 13.1. The van der Waals surface area contributed by atoms with Gasteiger partial charge in [-0.3, -0.25) is 5.01 Å². The Labute approximate surface area is 82.5 Å². The van der Waals surface area contributed by atoms with Crippen molar-refractivity contribution >= 4 is 6.03 Å². The van der Waals surface area contributed by atoms with E-state index in [4.69, 9.17) is 0 Å². The fourth-order valence-electron chi connectivity index (χ4n) is 1.24. The lowest BCUT2D eigenvalue weighted by Crippen LogP contribution is -2.45. The average molecular weight is 192 g/mol. The Morgan fingerprint density at radius 3 is 2.86 bits per heavy atom. The maximum absolute atomic E-state index is 11.6. The molecule has 74 valence electrons. The van der Waals surface area contributed by atoms with Gasteiger partial charge in [-0.2, -0.15) is 0 Å². The van der Waals surface area contributed by atoms with E-state index in [1.807, 2.05) is 24.4 Å². The second-order valence-corrected chi connectivity index (χ2v) is 3.27. The molecule has 1 N–H and O–H groups in total. The quantitative estimate of drug-likeness (QED) is 0.612. The molecule has 0 aliphatic carbocycles. The van der Waals surface area contributed by atoms with E-state index < -0.39 is 0 Å². The fraction of sp³-hybridized carbons (Fsp3) is 0.222. The number of carbonyl (C=O) groups excluding carboxylic acids is 1. The zero-order valence-electron chi connectivity index (χ0n) is 8.14. The predicted octanol–water partition coefficient (Wildman–Crippen LogP) is 0.630. The standard InChI is InChI=1S/C9H12N4O/c1-11(2)9(14)13-7-8-5-3-4-6-12(8)10-13/h3-7,10H,1-2H3. The number of fused-ring (bicyclic) bond motifs is 1. The summed E-state index contributed by atoms with van der Waals surface area (Å²) < 4.78 is 0. The van der Waals surface area contributed by atoms with Crippen molar-refractivity contribution in [3.8, 4) is 0 Å². The Balaban J connectivity index is 2.14. The van der Waals surface area contributed by atoms with Crippen LogP contribution in [-0.4, -0.2) is 35.0 Å². The van der Waals surface area contributed by atoms with Gasteiger partial charge in [0.2, 0.25) is 0 Å². The third-order valence-corrected chi connectivity index (χ3v) is 1.96. The lowest BCUT2D eigenvalue weighted by atomic mass is 10.3. The molecule has 0 unspecified atom stereocenters. The van der Waals surface area contributed by atoms with Gasteiger partial charge >= 0.3 is 6.03 Å². The summed E-state index contributed by atoms with van der Waals surface area (Å²) >= 11 is 0. The van der Waals surface area contributed by atoms with Crippen LogP contribution in [0.2, 0.25) is 0 Å². The Bertz CT molecular complexity index is 343. The molecule has 14 heavy (non-hydrogen) atoms. The van der Waals surface area contributed by atoms with Gasteiger partial charge < -0.3 is 4.90 Å². The number of allylic oxidation sites excluding steroid dienone is 3. The van der Waals surface area contributed by atoms with E-state index in [2.05, 4.69) is 5.53 Å². The molecular weight excluding hydrogens is 180 g/mol. The van der Waals surface area contributed by atoms with Crippen molar-refractivity contribution in [1.82, 2.24) is 20.5 Å². The molecule has 0 aromatic carbocycles. The van der Waals surface area contributed by atoms with Crippen molar-refractivity contribution in [3.05, 3.63) is 36.3 Å². The Morgan fingerprint density at radius 2 is 2.21 bits per heavy atom. The minimum absolute atomic E-state index is 0.103. The van der Waals surface area contributed by atoms with Crippen LogP contribution < -0.4 is 5.53 Å². The normalized spacial score (nSPS) is 18.3. The number of urea groups is 1. The van der Waals surface area contributed by atoms with E-state index in [0.717, 1.165) is 5.70 Å². The van der Waals surface area contributed by atoms with Crippen LogP contribution in [-0.2, 0) is 0 Å². The van der Waals surface area contributed by atoms with Crippen LogP contribution >= 0.6 is 0 Å². The largest absolute Gasteiger partial charge is 0.339 e. The molecule has 2 rings (SSSR count). The van der Waals surface area contributed by atoms with Gasteiger partial charge in [-0.05, 0) is 12.2 Å². The van der Waals surface area contributed by atoms with E-state index in [-0.39, 0.29) is 6.03 Å². The second-order valence-electron chi connectivity index (χ2n) is 3.27. The molecule has 5 nitrogen and oxygen atoms in total. The maximum atomic E-state index is 11.6. The number of hydrogen-bond donors (Lipinski definition) is 1. The van der Waals surface area contributed by atoms with Crippen LogP contribution in [0.5, 0.6) is 0 Å². The number of amides is 2. The first kappa shape index (κ1) is 8.83. The molecule has 2 aliphatic heterocycles. The number of carbonyl (C=O) groups is 1. The Kier molecular flexibility index (Phi) is 2.01. The van der Waals surface area contributed by atoms with Crippen LogP contribution in [0.25, 0.3) is 0 Å². The Hall–Kier alpha value is -1.75. The molecule has 0 saturated heterocycles. The van der Waals surface area contributed by atoms with Crippen LogP contribution in [0.3, 0.4) is 0 Å². The number of rotatable bonds is 0. The molecule has 0 aromatic rings. The second kappa shape index (κ2) is 3.19. The summed E-state index contributed by atoms with van der Waals surface area (Å²) in [7, 11) is 3.43. The first-order chi connectivity index (χ1) is 6.68. The van der Waals surface area contributed by atoms with Crippen molar-refractivity contribution in [3.63, 3.8) is 0 Å². The summed E-state index contributed by atoms with van der Waals surface area (Å²) in [5.74, 6) is 0. The molecular formula is C9H12N4O. The molecule has 0 bridgehead atoms.